The number of rotatable bonds is 4. The van der Waals surface area contributed by atoms with E-state index in [1.807, 2.05) is 0 Å². The monoisotopic (exact) mass is 255 g/mol. The minimum absolute atomic E-state index is 0.117. The number of carbonyl (C=O) groups excluding carboxylic acids is 1. The average molecular weight is 255 g/mol. The molecule has 1 amide bonds. The normalized spacial score (nSPS) is 19.4. The van der Waals surface area contributed by atoms with Crippen molar-refractivity contribution < 1.29 is 28.6 Å². The Labute approximate surface area is 103 Å². The molecule has 0 aromatic carbocycles. The van der Waals surface area contributed by atoms with Gasteiger partial charge in [0.1, 0.15) is 5.76 Å². The van der Waals surface area contributed by atoms with Gasteiger partial charge in [-0.2, -0.15) is 0 Å². The Bertz CT molecular complexity index is 434. The van der Waals surface area contributed by atoms with Crippen molar-refractivity contribution in [2.45, 2.75) is 12.6 Å². The molecule has 0 saturated carbocycles. The zero-order valence-electron chi connectivity index (χ0n) is 9.55. The van der Waals surface area contributed by atoms with Crippen LogP contribution in [0.15, 0.2) is 16.5 Å². The minimum atomic E-state index is -1.14. The second-order valence-electron chi connectivity index (χ2n) is 3.72. The van der Waals surface area contributed by atoms with E-state index in [0.717, 1.165) is 0 Å². The Balaban J connectivity index is 1.82. The molecule has 2 N–H and O–H groups in total. The fraction of sp³-hybridized carbons (Fsp3) is 0.455. The average Bonchev–Trinajstić information content (AvgIpc) is 2.86. The summed E-state index contributed by atoms with van der Waals surface area (Å²) >= 11 is 0. The molecular weight excluding hydrogens is 242 g/mol. The van der Waals surface area contributed by atoms with Gasteiger partial charge in [-0.1, -0.05) is 0 Å². The maximum absolute atomic E-state index is 11.6. The fourth-order valence-electron chi connectivity index (χ4n) is 1.52. The van der Waals surface area contributed by atoms with Crippen molar-refractivity contribution in [3.8, 4) is 0 Å². The van der Waals surface area contributed by atoms with Crippen LogP contribution in [0.5, 0.6) is 0 Å². The van der Waals surface area contributed by atoms with Gasteiger partial charge >= 0.3 is 5.97 Å². The van der Waals surface area contributed by atoms with Gasteiger partial charge in [0.05, 0.1) is 26.4 Å². The van der Waals surface area contributed by atoms with E-state index in [0.29, 0.717) is 19.0 Å². The maximum atomic E-state index is 11.6. The molecule has 1 aromatic heterocycles. The number of furan rings is 1. The van der Waals surface area contributed by atoms with Gasteiger partial charge in [-0.3, -0.25) is 4.79 Å². The molecule has 1 saturated heterocycles. The zero-order valence-corrected chi connectivity index (χ0v) is 9.55. The molecule has 1 aliphatic heterocycles. The minimum Gasteiger partial charge on any atom is -0.475 e. The van der Waals surface area contributed by atoms with Crippen LogP contribution in [0.4, 0.5) is 0 Å². The summed E-state index contributed by atoms with van der Waals surface area (Å²) in [5, 5.41) is 11.3. The lowest BCUT2D eigenvalue weighted by Crippen LogP contribution is -2.42. The highest BCUT2D eigenvalue weighted by atomic mass is 16.6. The summed E-state index contributed by atoms with van der Waals surface area (Å²) in [6.07, 6.45) is -0.618. The molecule has 2 heterocycles. The quantitative estimate of drug-likeness (QED) is 0.786. The first kappa shape index (κ1) is 12.6. The number of ether oxygens (including phenoxy) is 2. The van der Waals surface area contributed by atoms with Gasteiger partial charge in [0.2, 0.25) is 5.76 Å². The molecule has 1 fully saturated rings. The molecule has 0 radical (unpaired) electrons. The number of carboxylic acid groups (broad SMARTS) is 1. The van der Waals surface area contributed by atoms with Gasteiger partial charge in [0.25, 0.3) is 5.91 Å². The highest BCUT2D eigenvalue weighted by Gasteiger charge is 2.22. The number of hydrogen-bond donors (Lipinski definition) is 2. The lowest BCUT2D eigenvalue weighted by Gasteiger charge is -2.21. The first-order valence-electron chi connectivity index (χ1n) is 5.46. The summed E-state index contributed by atoms with van der Waals surface area (Å²) in [5.41, 5.74) is 0. The molecule has 2 rings (SSSR count). The summed E-state index contributed by atoms with van der Waals surface area (Å²) < 4.78 is 15.3. The predicted octanol–water partition coefficient (Wildman–Crippen LogP) is 0.00940. The fourth-order valence-corrected chi connectivity index (χ4v) is 1.52. The number of aromatic carboxylic acids is 1. The highest BCUT2D eigenvalue weighted by Crippen LogP contribution is 2.08. The van der Waals surface area contributed by atoms with Gasteiger partial charge in [-0.15, -0.1) is 0 Å². The van der Waals surface area contributed by atoms with E-state index in [-0.39, 0.29) is 24.8 Å². The Morgan fingerprint density at radius 3 is 2.83 bits per heavy atom. The van der Waals surface area contributed by atoms with Crippen LogP contribution >= 0.6 is 0 Å². The van der Waals surface area contributed by atoms with E-state index in [1.54, 1.807) is 0 Å². The van der Waals surface area contributed by atoms with Gasteiger partial charge in [0.15, 0.2) is 6.10 Å². The maximum Gasteiger partial charge on any atom is 0.371 e. The number of carbonyl (C=O) groups is 2. The summed E-state index contributed by atoms with van der Waals surface area (Å²) in [4.78, 5) is 22.2. The lowest BCUT2D eigenvalue weighted by atomic mass is 10.3. The predicted molar refractivity (Wildman–Crippen MR) is 58.1 cm³/mol. The van der Waals surface area contributed by atoms with Crippen LogP contribution in [-0.2, 0) is 20.8 Å². The van der Waals surface area contributed by atoms with Gasteiger partial charge in [0, 0.05) is 0 Å². The second-order valence-corrected chi connectivity index (χ2v) is 3.72. The third-order valence-electron chi connectivity index (χ3n) is 2.42. The Hall–Kier alpha value is -1.86. The Morgan fingerprint density at radius 1 is 1.39 bits per heavy atom. The van der Waals surface area contributed by atoms with E-state index < -0.39 is 12.1 Å². The standard InChI is InChI=1S/C11H13NO6/c13-10(9-6-16-3-4-17-9)12-5-7-1-2-8(18-7)11(14)15/h1-2,9H,3-6H2,(H,12,13)(H,14,15)/t9-/m1/s1. The second kappa shape index (κ2) is 5.65. The van der Waals surface area contributed by atoms with Crippen molar-refractivity contribution in [2.24, 2.45) is 0 Å². The van der Waals surface area contributed by atoms with Crippen LogP contribution in [0.2, 0.25) is 0 Å². The lowest BCUT2D eigenvalue weighted by molar-refractivity contribution is -0.147. The largest absolute Gasteiger partial charge is 0.475 e. The zero-order chi connectivity index (χ0) is 13.0. The van der Waals surface area contributed by atoms with Crippen molar-refractivity contribution in [2.75, 3.05) is 19.8 Å². The van der Waals surface area contributed by atoms with E-state index in [4.69, 9.17) is 19.0 Å². The van der Waals surface area contributed by atoms with Crippen molar-refractivity contribution in [3.63, 3.8) is 0 Å². The molecule has 7 heteroatoms. The first-order valence-corrected chi connectivity index (χ1v) is 5.46. The molecule has 0 bridgehead atoms. The number of hydrogen-bond acceptors (Lipinski definition) is 5. The van der Waals surface area contributed by atoms with Crippen molar-refractivity contribution in [3.05, 3.63) is 23.7 Å². The molecule has 0 unspecified atom stereocenters. The van der Waals surface area contributed by atoms with Crippen molar-refractivity contribution in [1.29, 1.82) is 0 Å². The van der Waals surface area contributed by atoms with Gasteiger partial charge in [-0.25, -0.2) is 4.79 Å². The van der Waals surface area contributed by atoms with E-state index in [1.165, 1.54) is 12.1 Å². The summed E-state index contributed by atoms with van der Waals surface area (Å²) in [5.74, 6) is -1.23. The van der Waals surface area contributed by atoms with Gasteiger partial charge < -0.3 is 24.3 Å². The molecule has 0 aliphatic carbocycles. The van der Waals surface area contributed by atoms with Crippen LogP contribution in [0.1, 0.15) is 16.3 Å². The Kier molecular flexibility index (Phi) is 3.96. The Morgan fingerprint density at radius 2 is 2.22 bits per heavy atom. The molecule has 98 valence electrons. The van der Waals surface area contributed by atoms with Crippen LogP contribution in [0, 0.1) is 0 Å². The SMILES string of the molecule is O=C(O)c1ccc(CNC(=O)[C@H]2COCCO2)o1. The molecule has 7 nitrogen and oxygen atoms in total. The molecular formula is C11H13NO6. The summed E-state index contributed by atoms with van der Waals surface area (Å²) in [6.45, 7) is 1.22. The third kappa shape index (κ3) is 3.08. The smallest absolute Gasteiger partial charge is 0.371 e. The van der Waals surface area contributed by atoms with Crippen molar-refractivity contribution >= 4 is 11.9 Å². The molecule has 1 atom stereocenters. The molecule has 1 aromatic rings. The van der Waals surface area contributed by atoms with E-state index in [9.17, 15) is 9.59 Å². The summed E-state index contributed by atoms with van der Waals surface area (Å²) in [6, 6.07) is 2.84. The van der Waals surface area contributed by atoms with Gasteiger partial charge in [-0.05, 0) is 12.1 Å². The molecule has 18 heavy (non-hydrogen) atoms. The third-order valence-corrected chi connectivity index (χ3v) is 2.42. The molecule has 0 spiro atoms. The van der Waals surface area contributed by atoms with Crippen LogP contribution in [0.25, 0.3) is 0 Å². The van der Waals surface area contributed by atoms with Crippen LogP contribution in [-0.4, -0.2) is 42.9 Å². The van der Waals surface area contributed by atoms with E-state index >= 15 is 0 Å². The number of amides is 1. The number of carboxylic acids is 1. The number of nitrogens with one attached hydrogen (secondary N) is 1. The highest BCUT2D eigenvalue weighted by molar-refractivity contribution is 5.84. The van der Waals surface area contributed by atoms with Crippen LogP contribution in [0.3, 0.4) is 0 Å². The first-order chi connectivity index (χ1) is 8.66. The van der Waals surface area contributed by atoms with E-state index in [2.05, 4.69) is 5.32 Å². The summed E-state index contributed by atoms with van der Waals surface area (Å²) in [7, 11) is 0. The molecule has 1 aliphatic rings. The van der Waals surface area contributed by atoms with Crippen LogP contribution < -0.4 is 5.32 Å². The van der Waals surface area contributed by atoms with Crippen molar-refractivity contribution in [1.82, 2.24) is 5.32 Å². The topological polar surface area (TPSA) is 98.0 Å².